The molecule has 0 saturated carbocycles. The number of anilines is 1. The number of hydrogen-bond donors (Lipinski definition) is 1. The van der Waals surface area contributed by atoms with Crippen LogP contribution in [0, 0.1) is 0 Å². The van der Waals surface area contributed by atoms with Gasteiger partial charge in [-0.3, -0.25) is 4.72 Å². The minimum Gasteiger partial charge on any atom is -0.493 e. The second-order valence-corrected chi connectivity index (χ2v) is 6.89. The summed E-state index contributed by atoms with van der Waals surface area (Å²) in [5.41, 5.74) is 0.237. The van der Waals surface area contributed by atoms with Gasteiger partial charge in [-0.05, 0) is 22.4 Å². The number of fused-ring (bicyclic) bond motifs is 1. The predicted molar refractivity (Wildman–Crippen MR) is 93.5 cm³/mol. The van der Waals surface area contributed by atoms with Gasteiger partial charge in [0.15, 0.2) is 17.0 Å². The van der Waals surface area contributed by atoms with Crippen molar-refractivity contribution in [3.63, 3.8) is 0 Å². The van der Waals surface area contributed by atoms with Crippen LogP contribution in [0.15, 0.2) is 39.9 Å². The molecule has 3 aromatic rings. The van der Waals surface area contributed by atoms with Crippen molar-refractivity contribution in [3.8, 4) is 11.5 Å². The Hall–Kier alpha value is -3.34. The van der Waals surface area contributed by atoms with Crippen LogP contribution in [0.4, 0.5) is 5.69 Å². The van der Waals surface area contributed by atoms with Crippen molar-refractivity contribution < 1.29 is 32.1 Å². The number of carbonyl (C=O) groups excluding carboxylic acids is 1. The third-order valence-electron chi connectivity index (χ3n) is 3.71. The molecule has 11 heteroatoms. The highest BCUT2D eigenvalue weighted by molar-refractivity contribution is 7.93. The fourth-order valence-electron chi connectivity index (χ4n) is 2.44. The van der Waals surface area contributed by atoms with E-state index in [4.69, 9.17) is 14.2 Å². The van der Waals surface area contributed by atoms with Crippen LogP contribution in [0.25, 0.3) is 11.0 Å². The number of aromatic nitrogens is 2. The summed E-state index contributed by atoms with van der Waals surface area (Å²) in [6, 6.07) is 7.04. The molecule has 1 N–H and O–H groups in total. The molecule has 0 amide bonds. The zero-order valence-corrected chi connectivity index (χ0v) is 15.4. The van der Waals surface area contributed by atoms with E-state index >= 15 is 0 Å². The first-order chi connectivity index (χ1) is 12.9. The summed E-state index contributed by atoms with van der Waals surface area (Å²) in [4.78, 5) is 11.9. The minimum absolute atomic E-state index is 0.0482. The van der Waals surface area contributed by atoms with Crippen molar-refractivity contribution in [2.75, 3.05) is 26.1 Å². The van der Waals surface area contributed by atoms with Crippen molar-refractivity contribution in [1.29, 1.82) is 0 Å². The molecule has 0 aliphatic carbocycles. The Morgan fingerprint density at radius 3 is 2.44 bits per heavy atom. The quantitative estimate of drug-likeness (QED) is 0.623. The van der Waals surface area contributed by atoms with E-state index in [1.807, 2.05) is 0 Å². The third kappa shape index (κ3) is 3.36. The zero-order valence-electron chi connectivity index (χ0n) is 14.5. The molecule has 27 heavy (non-hydrogen) atoms. The van der Waals surface area contributed by atoms with Crippen LogP contribution in [0.3, 0.4) is 0 Å². The van der Waals surface area contributed by atoms with Gasteiger partial charge in [0.1, 0.15) is 10.4 Å². The highest BCUT2D eigenvalue weighted by atomic mass is 32.2. The predicted octanol–water partition coefficient (Wildman–Crippen LogP) is 1.83. The average Bonchev–Trinajstić information content (AvgIpc) is 3.15. The van der Waals surface area contributed by atoms with Crippen molar-refractivity contribution in [2.24, 2.45) is 0 Å². The van der Waals surface area contributed by atoms with Crippen LogP contribution in [-0.4, -0.2) is 46.0 Å². The number of methoxy groups -OCH3 is 3. The number of rotatable bonds is 6. The lowest BCUT2D eigenvalue weighted by Crippen LogP contribution is -2.17. The van der Waals surface area contributed by atoms with Crippen LogP contribution in [0.2, 0.25) is 0 Å². The van der Waals surface area contributed by atoms with Crippen molar-refractivity contribution in [3.05, 3.63) is 35.9 Å². The van der Waals surface area contributed by atoms with Gasteiger partial charge in [-0.1, -0.05) is 6.07 Å². The molecule has 0 saturated heterocycles. The van der Waals surface area contributed by atoms with Gasteiger partial charge < -0.3 is 14.2 Å². The van der Waals surface area contributed by atoms with Gasteiger partial charge in [0.05, 0.1) is 32.6 Å². The molecular formula is C16H15N3O7S. The van der Waals surface area contributed by atoms with E-state index in [1.54, 1.807) is 6.07 Å². The van der Waals surface area contributed by atoms with E-state index in [9.17, 15) is 13.2 Å². The summed E-state index contributed by atoms with van der Waals surface area (Å²) >= 11 is 0. The molecular weight excluding hydrogens is 378 g/mol. The molecule has 0 aliphatic rings. The Bertz CT molecular complexity index is 1110. The Morgan fingerprint density at radius 1 is 1.07 bits per heavy atom. The number of nitrogens with one attached hydrogen (secondary N) is 1. The maximum atomic E-state index is 12.9. The highest BCUT2D eigenvalue weighted by Crippen LogP contribution is 2.35. The molecule has 1 heterocycles. The molecule has 142 valence electrons. The van der Waals surface area contributed by atoms with Gasteiger partial charge >= 0.3 is 5.97 Å². The second kappa shape index (κ2) is 7.11. The first-order valence-corrected chi connectivity index (χ1v) is 8.98. The maximum Gasteiger partial charge on any atom is 0.340 e. The SMILES string of the molecule is COC(=O)c1cc(OC)c(OC)cc1NS(=O)(=O)c1cccc2nonc12. The van der Waals surface area contributed by atoms with Gasteiger partial charge in [-0.2, -0.15) is 0 Å². The Balaban J connectivity index is 2.13. The molecule has 1 aromatic heterocycles. The number of sulfonamides is 1. The summed E-state index contributed by atoms with van der Waals surface area (Å²) in [5.74, 6) is -0.289. The van der Waals surface area contributed by atoms with E-state index in [2.05, 4.69) is 19.7 Å². The van der Waals surface area contributed by atoms with Crippen molar-refractivity contribution in [1.82, 2.24) is 10.3 Å². The normalized spacial score (nSPS) is 11.2. The maximum absolute atomic E-state index is 12.9. The smallest absolute Gasteiger partial charge is 0.340 e. The summed E-state index contributed by atoms with van der Waals surface area (Å²) in [6.45, 7) is 0. The molecule has 0 atom stereocenters. The van der Waals surface area contributed by atoms with Gasteiger partial charge in [0.2, 0.25) is 0 Å². The summed E-state index contributed by atoms with van der Waals surface area (Å²) in [5, 5.41) is 7.24. The zero-order chi connectivity index (χ0) is 19.6. The van der Waals surface area contributed by atoms with Gasteiger partial charge in [-0.25, -0.2) is 17.8 Å². The van der Waals surface area contributed by atoms with Gasteiger partial charge in [0, 0.05) is 12.1 Å². The van der Waals surface area contributed by atoms with Crippen LogP contribution >= 0.6 is 0 Å². The second-order valence-electron chi connectivity index (χ2n) is 5.24. The standard InChI is InChI=1S/C16H15N3O7S/c1-23-12-7-9(16(20)25-3)11(8-13(12)24-2)19-27(21,22)14-6-4-5-10-15(14)18-26-17-10/h4-8,19H,1-3H3. The number of benzene rings is 2. The van der Waals surface area contributed by atoms with Gasteiger partial charge in [0.25, 0.3) is 10.0 Å². The molecule has 0 fully saturated rings. The summed E-state index contributed by atoms with van der Waals surface area (Å²) in [7, 11) is -0.181. The lowest BCUT2D eigenvalue weighted by atomic mass is 10.1. The Labute approximate surface area is 154 Å². The van der Waals surface area contributed by atoms with E-state index in [1.165, 1.54) is 45.6 Å². The Kier molecular flexibility index (Phi) is 4.86. The molecule has 0 bridgehead atoms. The van der Waals surface area contributed by atoms with E-state index in [0.717, 1.165) is 0 Å². The van der Waals surface area contributed by atoms with Crippen LogP contribution in [0.5, 0.6) is 11.5 Å². The van der Waals surface area contributed by atoms with Crippen LogP contribution in [-0.2, 0) is 14.8 Å². The topological polar surface area (TPSA) is 130 Å². The molecule has 0 unspecified atom stereocenters. The number of hydrogen-bond acceptors (Lipinski definition) is 9. The number of nitrogens with zero attached hydrogens (tertiary/aromatic N) is 2. The molecule has 10 nitrogen and oxygen atoms in total. The lowest BCUT2D eigenvalue weighted by Gasteiger charge is -2.15. The van der Waals surface area contributed by atoms with Crippen LogP contribution in [0.1, 0.15) is 10.4 Å². The minimum atomic E-state index is -4.14. The van der Waals surface area contributed by atoms with E-state index in [-0.39, 0.29) is 38.7 Å². The molecule has 0 aliphatic heterocycles. The number of esters is 1. The van der Waals surface area contributed by atoms with Crippen LogP contribution < -0.4 is 14.2 Å². The first kappa shape index (κ1) is 18.5. The molecule has 0 spiro atoms. The summed E-state index contributed by atoms with van der Waals surface area (Å²) < 4.78 is 47.8. The first-order valence-electron chi connectivity index (χ1n) is 7.49. The lowest BCUT2D eigenvalue weighted by molar-refractivity contribution is 0.0601. The monoisotopic (exact) mass is 393 g/mol. The Morgan fingerprint density at radius 2 is 1.78 bits per heavy atom. The number of carbonyl (C=O) groups is 1. The summed E-state index contributed by atoms with van der Waals surface area (Å²) in [6.07, 6.45) is 0. The van der Waals surface area contributed by atoms with Gasteiger partial charge in [-0.15, -0.1) is 0 Å². The third-order valence-corrected chi connectivity index (χ3v) is 5.11. The number of ether oxygens (including phenoxy) is 3. The highest BCUT2D eigenvalue weighted by Gasteiger charge is 2.25. The van der Waals surface area contributed by atoms with E-state index in [0.29, 0.717) is 0 Å². The van der Waals surface area contributed by atoms with E-state index < -0.39 is 16.0 Å². The van der Waals surface area contributed by atoms with Crippen molar-refractivity contribution >= 4 is 32.7 Å². The molecule has 0 radical (unpaired) electrons. The van der Waals surface area contributed by atoms with Crippen molar-refractivity contribution in [2.45, 2.75) is 4.90 Å². The largest absolute Gasteiger partial charge is 0.493 e. The fourth-order valence-corrected chi connectivity index (χ4v) is 3.66. The molecule has 2 aromatic carbocycles. The molecule has 3 rings (SSSR count). The fraction of sp³-hybridized carbons (Fsp3) is 0.188. The average molecular weight is 393 g/mol.